The Morgan fingerprint density at radius 2 is 1.05 bits per heavy atom. The van der Waals surface area contributed by atoms with Crippen LogP contribution < -0.4 is 10.0 Å². The Bertz CT molecular complexity index is 704. The number of carbonyl (C=O) groups is 2. The van der Waals surface area contributed by atoms with Crippen molar-refractivity contribution in [3.8, 4) is 0 Å². The van der Waals surface area contributed by atoms with Crippen LogP contribution in [0, 0.1) is 0 Å². The summed E-state index contributed by atoms with van der Waals surface area (Å²) in [6, 6.07) is 15.4. The lowest BCUT2D eigenvalue weighted by molar-refractivity contribution is 0.0965. The largest absolute Gasteiger partial charge is 0.294 e. The van der Waals surface area contributed by atoms with Gasteiger partial charge < -0.3 is 0 Å². The van der Waals surface area contributed by atoms with Gasteiger partial charge in [0.15, 0.2) is 11.6 Å². The summed E-state index contributed by atoms with van der Waals surface area (Å²) in [5, 5.41) is 4.28. The molecule has 2 aromatic rings. The van der Waals surface area contributed by atoms with Crippen molar-refractivity contribution in [2.24, 2.45) is 0 Å². The first-order valence-electron chi connectivity index (χ1n) is 7.55. The standard InChI is InChI=1S/C18H16N2O2/c21-17-9-11-19(15-7-3-1-5-13(15)17)20-12-10-18(22)14-6-2-4-8-16(14)20/h1-8H,9-12H2. The van der Waals surface area contributed by atoms with Gasteiger partial charge in [-0.3, -0.25) is 19.6 Å². The van der Waals surface area contributed by atoms with Crippen molar-refractivity contribution in [1.29, 1.82) is 0 Å². The van der Waals surface area contributed by atoms with Gasteiger partial charge in [0.05, 0.1) is 11.4 Å². The third-order valence-electron chi connectivity index (χ3n) is 4.36. The predicted molar refractivity (Wildman–Crippen MR) is 85.5 cm³/mol. The summed E-state index contributed by atoms with van der Waals surface area (Å²) >= 11 is 0. The Balaban J connectivity index is 1.81. The van der Waals surface area contributed by atoms with E-state index in [1.54, 1.807) is 0 Å². The minimum atomic E-state index is 0.188. The van der Waals surface area contributed by atoms with E-state index in [1.807, 2.05) is 48.5 Å². The highest BCUT2D eigenvalue weighted by Crippen LogP contribution is 2.34. The number of benzene rings is 2. The molecule has 2 heterocycles. The van der Waals surface area contributed by atoms with Crippen molar-refractivity contribution < 1.29 is 9.59 Å². The number of hydrogen-bond donors (Lipinski definition) is 0. The highest BCUT2D eigenvalue weighted by Gasteiger charge is 2.31. The van der Waals surface area contributed by atoms with Crippen molar-refractivity contribution in [3.05, 3.63) is 59.7 Å². The molecule has 4 rings (SSSR count). The van der Waals surface area contributed by atoms with E-state index >= 15 is 0 Å². The number of rotatable bonds is 1. The number of Topliss-reactive ketones (excluding diaryl/α,β-unsaturated/α-hetero) is 2. The molecule has 0 aromatic heterocycles. The fourth-order valence-electron chi connectivity index (χ4n) is 3.30. The van der Waals surface area contributed by atoms with Gasteiger partial charge in [-0.25, -0.2) is 0 Å². The average Bonchev–Trinajstić information content (AvgIpc) is 2.57. The summed E-state index contributed by atoms with van der Waals surface area (Å²) in [7, 11) is 0. The molecule has 2 aromatic carbocycles. The molecule has 2 aliphatic rings. The van der Waals surface area contributed by atoms with E-state index in [-0.39, 0.29) is 11.6 Å². The van der Waals surface area contributed by atoms with E-state index in [4.69, 9.17) is 0 Å². The van der Waals surface area contributed by atoms with Crippen LogP contribution in [0.5, 0.6) is 0 Å². The predicted octanol–water partition coefficient (Wildman–Crippen LogP) is 3.09. The molecular formula is C18H16N2O2. The van der Waals surface area contributed by atoms with Crippen LogP contribution in [-0.2, 0) is 0 Å². The van der Waals surface area contributed by atoms with E-state index in [0.29, 0.717) is 25.9 Å². The molecule has 0 saturated heterocycles. The minimum Gasteiger partial charge on any atom is -0.294 e. The highest BCUT2D eigenvalue weighted by molar-refractivity contribution is 6.06. The van der Waals surface area contributed by atoms with Gasteiger partial charge in [0.1, 0.15) is 0 Å². The topological polar surface area (TPSA) is 40.6 Å². The molecule has 0 fully saturated rings. The Kier molecular flexibility index (Phi) is 2.96. The summed E-state index contributed by atoms with van der Waals surface area (Å²) in [6.07, 6.45) is 1.01. The molecule has 0 atom stereocenters. The molecule has 4 heteroatoms. The fourth-order valence-corrected chi connectivity index (χ4v) is 3.30. The second kappa shape index (κ2) is 4.98. The first kappa shape index (κ1) is 13.1. The molecule has 0 spiro atoms. The van der Waals surface area contributed by atoms with Gasteiger partial charge in [-0.2, -0.15) is 0 Å². The number of ketones is 2. The zero-order chi connectivity index (χ0) is 15.1. The minimum absolute atomic E-state index is 0.188. The summed E-state index contributed by atoms with van der Waals surface area (Å²) in [4.78, 5) is 24.2. The lowest BCUT2D eigenvalue weighted by Gasteiger charge is -2.43. The molecular weight excluding hydrogens is 276 g/mol. The summed E-state index contributed by atoms with van der Waals surface area (Å²) < 4.78 is 0. The Morgan fingerprint density at radius 3 is 1.50 bits per heavy atom. The quantitative estimate of drug-likeness (QED) is 0.810. The van der Waals surface area contributed by atoms with Gasteiger partial charge >= 0.3 is 0 Å². The maximum atomic E-state index is 12.1. The van der Waals surface area contributed by atoms with E-state index in [2.05, 4.69) is 10.0 Å². The van der Waals surface area contributed by atoms with E-state index in [9.17, 15) is 9.59 Å². The molecule has 110 valence electrons. The molecule has 0 aliphatic carbocycles. The zero-order valence-corrected chi connectivity index (χ0v) is 12.2. The molecule has 22 heavy (non-hydrogen) atoms. The van der Waals surface area contributed by atoms with Crippen molar-refractivity contribution in [2.45, 2.75) is 12.8 Å². The van der Waals surface area contributed by atoms with Crippen LogP contribution >= 0.6 is 0 Å². The Hall–Kier alpha value is -2.62. The number of anilines is 2. The smallest absolute Gasteiger partial charge is 0.166 e. The molecule has 4 nitrogen and oxygen atoms in total. The van der Waals surface area contributed by atoms with E-state index in [0.717, 1.165) is 22.5 Å². The molecule has 0 radical (unpaired) electrons. The van der Waals surface area contributed by atoms with E-state index < -0.39 is 0 Å². The van der Waals surface area contributed by atoms with Crippen LogP contribution in [0.3, 0.4) is 0 Å². The number of nitrogens with zero attached hydrogens (tertiary/aromatic N) is 2. The second-order valence-corrected chi connectivity index (χ2v) is 5.63. The first-order chi connectivity index (χ1) is 10.8. The second-order valence-electron chi connectivity index (χ2n) is 5.63. The normalized spacial score (nSPS) is 17.3. The lowest BCUT2D eigenvalue weighted by Crippen LogP contribution is -2.49. The average molecular weight is 292 g/mol. The zero-order valence-electron chi connectivity index (χ0n) is 12.2. The molecule has 2 aliphatic heterocycles. The number of fused-ring (bicyclic) bond motifs is 2. The molecule has 0 amide bonds. The van der Waals surface area contributed by atoms with Crippen LogP contribution in [0.4, 0.5) is 11.4 Å². The van der Waals surface area contributed by atoms with Gasteiger partial charge in [-0.05, 0) is 24.3 Å². The van der Waals surface area contributed by atoms with Crippen LogP contribution in [0.1, 0.15) is 33.6 Å². The van der Waals surface area contributed by atoms with Crippen molar-refractivity contribution in [3.63, 3.8) is 0 Å². The van der Waals surface area contributed by atoms with Gasteiger partial charge in [0.25, 0.3) is 0 Å². The summed E-state index contributed by atoms with van der Waals surface area (Å²) in [6.45, 7) is 1.30. The Labute approximate surface area is 128 Å². The van der Waals surface area contributed by atoms with Crippen LogP contribution in [0.25, 0.3) is 0 Å². The molecule has 0 bridgehead atoms. The lowest BCUT2D eigenvalue weighted by atomic mass is 9.99. The SMILES string of the molecule is O=C1CCN(N2CCC(=O)c3ccccc32)c2ccccc21. The number of carbonyl (C=O) groups excluding carboxylic acids is 2. The highest BCUT2D eigenvalue weighted by atomic mass is 16.1. The van der Waals surface area contributed by atoms with E-state index in [1.165, 1.54) is 0 Å². The molecule has 0 N–H and O–H groups in total. The van der Waals surface area contributed by atoms with Crippen molar-refractivity contribution in [1.82, 2.24) is 0 Å². The van der Waals surface area contributed by atoms with Crippen LogP contribution in [-0.4, -0.2) is 24.7 Å². The Morgan fingerprint density at radius 1 is 0.636 bits per heavy atom. The number of para-hydroxylation sites is 2. The van der Waals surface area contributed by atoms with Gasteiger partial charge in [0.2, 0.25) is 0 Å². The maximum absolute atomic E-state index is 12.1. The van der Waals surface area contributed by atoms with Gasteiger partial charge in [-0.1, -0.05) is 24.3 Å². The third kappa shape index (κ3) is 1.91. The van der Waals surface area contributed by atoms with Crippen LogP contribution in [0.15, 0.2) is 48.5 Å². The monoisotopic (exact) mass is 292 g/mol. The number of hydrogen-bond acceptors (Lipinski definition) is 4. The van der Waals surface area contributed by atoms with Crippen molar-refractivity contribution >= 4 is 22.9 Å². The van der Waals surface area contributed by atoms with Gasteiger partial charge in [0, 0.05) is 37.1 Å². The van der Waals surface area contributed by atoms with Gasteiger partial charge in [-0.15, -0.1) is 0 Å². The summed E-state index contributed by atoms with van der Waals surface area (Å²) in [5.74, 6) is 0.376. The maximum Gasteiger partial charge on any atom is 0.166 e. The first-order valence-corrected chi connectivity index (χ1v) is 7.55. The van der Waals surface area contributed by atoms with Crippen LogP contribution in [0.2, 0.25) is 0 Å². The fraction of sp³-hybridized carbons (Fsp3) is 0.222. The van der Waals surface area contributed by atoms with Crippen molar-refractivity contribution in [2.75, 3.05) is 23.1 Å². The summed E-state index contributed by atoms with van der Waals surface area (Å²) in [5.41, 5.74) is 3.40. The number of hydrazine groups is 1. The third-order valence-corrected chi connectivity index (χ3v) is 4.36. The molecule has 0 saturated carbocycles. The molecule has 0 unspecified atom stereocenters.